The number of nitrogens with zero attached hydrogens (tertiary/aromatic N) is 3. The number of carbonyl (C=O) groups excluding carboxylic acids is 2. The Balaban J connectivity index is 1.53. The molecule has 142 valence electrons. The molecule has 2 saturated heterocycles. The summed E-state index contributed by atoms with van der Waals surface area (Å²) in [5, 5.41) is 1.87. The van der Waals surface area contributed by atoms with Gasteiger partial charge in [-0.1, -0.05) is 6.07 Å². The summed E-state index contributed by atoms with van der Waals surface area (Å²) in [5.41, 5.74) is 0. The molecule has 4 heterocycles. The number of likely N-dealkylation sites (tertiary alicyclic amines) is 1. The van der Waals surface area contributed by atoms with E-state index in [9.17, 15) is 9.59 Å². The van der Waals surface area contributed by atoms with E-state index in [1.807, 2.05) is 17.5 Å². The minimum atomic E-state index is -0.514. The molecule has 0 unspecified atom stereocenters. The minimum absolute atomic E-state index is 0.0273. The molecule has 0 aliphatic carbocycles. The van der Waals surface area contributed by atoms with Crippen LogP contribution in [0.15, 0.2) is 42.0 Å². The maximum atomic E-state index is 13.1. The molecular weight excluding hydrogens is 366 g/mol. The van der Waals surface area contributed by atoms with Gasteiger partial charge in [-0.3, -0.25) is 14.6 Å². The van der Waals surface area contributed by atoms with Crippen LogP contribution in [0.5, 0.6) is 5.75 Å². The van der Waals surface area contributed by atoms with E-state index in [-0.39, 0.29) is 17.9 Å². The van der Waals surface area contributed by atoms with Gasteiger partial charge in [0.05, 0.1) is 30.8 Å². The van der Waals surface area contributed by atoms with Crippen molar-refractivity contribution in [3.05, 3.63) is 46.9 Å². The van der Waals surface area contributed by atoms with Gasteiger partial charge in [-0.2, -0.15) is 0 Å². The number of hydrogen-bond donors (Lipinski definition) is 0. The van der Waals surface area contributed by atoms with Crippen LogP contribution in [0.1, 0.15) is 16.1 Å². The average molecular weight is 387 g/mol. The van der Waals surface area contributed by atoms with Crippen molar-refractivity contribution < 1.29 is 19.1 Å². The summed E-state index contributed by atoms with van der Waals surface area (Å²) in [6, 6.07) is 6.75. The van der Waals surface area contributed by atoms with Gasteiger partial charge in [0, 0.05) is 25.7 Å². The van der Waals surface area contributed by atoms with E-state index in [4.69, 9.17) is 9.47 Å². The summed E-state index contributed by atoms with van der Waals surface area (Å²) >= 11 is 1.39. The third-order valence-corrected chi connectivity index (χ3v) is 5.66. The van der Waals surface area contributed by atoms with E-state index in [1.165, 1.54) is 11.3 Å². The van der Waals surface area contributed by atoms with E-state index in [0.717, 1.165) is 0 Å². The van der Waals surface area contributed by atoms with Crippen molar-refractivity contribution in [2.45, 2.75) is 18.6 Å². The predicted octanol–water partition coefficient (Wildman–Crippen LogP) is 1.66. The van der Waals surface area contributed by atoms with Crippen LogP contribution >= 0.6 is 11.3 Å². The lowest BCUT2D eigenvalue weighted by molar-refractivity contribution is -0.139. The first-order valence-corrected chi connectivity index (χ1v) is 9.88. The molecule has 2 aromatic heterocycles. The molecular formula is C19H21N3O4S. The SMILES string of the molecule is O=C([C@@H]1C[C@H](Oc2cccnc2)CN1C(=O)c1cccs1)N1CCOCC1. The Kier molecular flexibility index (Phi) is 5.35. The van der Waals surface area contributed by atoms with Gasteiger partial charge in [0.15, 0.2) is 0 Å². The fraction of sp³-hybridized carbons (Fsp3) is 0.421. The number of ether oxygens (including phenoxy) is 2. The van der Waals surface area contributed by atoms with Gasteiger partial charge in [0.25, 0.3) is 5.91 Å². The third kappa shape index (κ3) is 3.96. The van der Waals surface area contributed by atoms with Crippen molar-refractivity contribution in [3.8, 4) is 5.75 Å². The van der Waals surface area contributed by atoms with Crippen LogP contribution in [-0.4, -0.2) is 71.6 Å². The summed E-state index contributed by atoms with van der Waals surface area (Å²) in [5.74, 6) is 0.500. The van der Waals surface area contributed by atoms with Crippen LogP contribution in [0, 0.1) is 0 Å². The Labute approximate surface area is 161 Å². The summed E-state index contributed by atoms with van der Waals surface area (Å²) in [7, 11) is 0. The molecule has 2 fully saturated rings. The zero-order valence-corrected chi connectivity index (χ0v) is 15.6. The first-order chi connectivity index (χ1) is 13.2. The van der Waals surface area contributed by atoms with Crippen LogP contribution in [0.2, 0.25) is 0 Å². The predicted molar refractivity (Wildman–Crippen MR) is 99.8 cm³/mol. The Morgan fingerprint density at radius 3 is 2.78 bits per heavy atom. The molecule has 2 aliphatic heterocycles. The highest BCUT2D eigenvalue weighted by Crippen LogP contribution is 2.27. The number of carbonyl (C=O) groups is 2. The van der Waals surface area contributed by atoms with Gasteiger partial charge in [-0.25, -0.2) is 0 Å². The number of amides is 2. The molecule has 2 amide bonds. The van der Waals surface area contributed by atoms with E-state index in [0.29, 0.717) is 49.9 Å². The van der Waals surface area contributed by atoms with E-state index in [1.54, 1.807) is 34.3 Å². The summed E-state index contributed by atoms with van der Waals surface area (Å²) in [6.07, 6.45) is 3.55. The first kappa shape index (κ1) is 17.9. The van der Waals surface area contributed by atoms with Crippen LogP contribution in [0.25, 0.3) is 0 Å². The van der Waals surface area contributed by atoms with Crippen molar-refractivity contribution in [1.82, 2.24) is 14.8 Å². The second kappa shape index (κ2) is 8.06. The Morgan fingerprint density at radius 2 is 2.07 bits per heavy atom. The highest BCUT2D eigenvalue weighted by atomic mass is 32.1. The largest absolute Gasteiger partial charge is 0.487 e. The van der Waals surface area contributed by atoms with E-state index >= 15 is 0 Å². The van der Waals surface area contributed by atoms with E-state index < -0.39 is 6.04 Å². The van der Waals surface area contributed by atoms with Crippen LogP contribution < -0.4 is 4.74 Å². The molecule has 0 spiro atoms. The average Bonchev–Trinajstić information content (AvgIpc) is 3.39. The Morgan fingerprint density at radius 1 is 1.22 bits per heavy atom. The van der Waals surface area contributed by atoms with E-state index in [2.05, 4.69) is 4.98 Å². The molecule has 0 saturated carbocycles. The fourth-order valence-corrected chi connectivity index (χ4v) is 4.17. The van der Waals surface area contributed by atoms with Gasteiger partial charge < -0.3 is 19.3 Å². The highest BCUT2D eigenvalue weighted by molar-refractivity contribution is 7.12. The molecule has 8 heteroatoms. The van der Waals surface area contributed by atoms with Crippen molar-refractivity contribution in [2.75, 3.05) is 32.8 Å². The second-order valence-electron chi connectivity index (χ2n) is 6.55. The lowest BCUT2D eigenvalue weighted by atomic mass is 10.1. The standard InChI is InChI=1S/C19H21N3O4S/c23-18(21-6-8-25-9-7-21)16-11-15(26-14-3-1-5-20-12-14)13-22(16)19(24)17-4-2-10-27-17/h1-5,10,12,15-16H,6-9,11,13H2/t15-,16-/m0/s1. The lowest BCUT2D eigenvalue weighted by Crippen LogP contribution is -2.50. The van der Waals surface area contributed by atoms with Crippen molar-refractivity contribution in [1.29, 1.82) is 0 Å². The first-order valence-electron chi connectivity index (χ1n) is 9.00. The van der Waals surface area contributed by atoms with Crippen molar-refractivity contribution in [2.24, 2.45) is 0 Å². The van der Waals surface area contributed by atoms with Gasteiger partial charge in [-0.15, -0.1) is 11.3 Å². The monoisotopic (exact) mass is 387 g/mol. The molecule has 2 atom stereocenters. The second-order valence-corrected chi connectivity index (χ2v) is 7.50. The summed E-state index contributed by atoms with van der Waals surface area (Å²) in [4.78, 5) is 34.2. The summed E-state index contributed by atoms with van der Waals surface area (Å²) < 4.78 is 11.3. The maximum absolute atomic E-state index is 13.1. The number of hydrogen-bond acceptors (Lipinski definition) is 6. The van der Waals surface area contributed by atoms with Gasteiger partial charge in [0.1, 0.15) is 17.9 Å². The highest BCUT2D eigenvalue weighted by Gasteiger charge is 2.43. The number of aromatic nitrogens is 1. The third-order valence-electron chi connectivity index (χ3n) is 4.80. The molecule has 2 aromatic rings. The van der Waals surface area contributed by atoms with Gasteiger partial charge >= 0.3 is 0 Å². The molecule has 4 rings (SSSR count). The van der Waals surface area contributed by atoms with Crippen LogP contribution in [0.3, 0.4) is 0 Å². The number of thiophene rings is 1. The topological polar surface area (TPSA) is 72.0 Å². The zero-order valence-electron chi connectivity index (χ0n) is 14.8. The molecule has 27 heavy (non-hydrogen) atoms. The van der Waals surface area contributed by atoms with Crippen LogP contribution in [-0.2, 0) is 9.53 Å². The minimum Gasteiger partial charge on any atom is -0.487 e. The molecule has 7 nitrogen and oxygen atoms in total. The molecule has 0 aromatic carbocycles. The smallest absolute Gasteiger partial charge is 0.264 e. The quantitative estimate of drug-likeness (QED) is 0.798. The Bertz CT molecular complexity index is 778. The Hall–Kier alpha value is -2.45. The summed E-state index contributed by atoms with van der Waals surface area (Å²) in [6.45, 7) is 2.57. The molecule has 0 radical (unpaired) electrons. The number of rotatable bonds is 4. The van der Waals surface area contributed by atoms with Crippen molar-refractivity contribution >= 4 is 23.2 Å². The molecule has 2 aliphatic rings. The number of pyridine rings is 1. The van der Waals surface area contributed by atoms with Gasteiger partial charge in [0.2, 0.25) is 5.91 Å². The normalized spacial score (nSPS) is 22.7. The lowest BCUT2D eigenvalue weighted by Gasteiger charge is -2.32. The fourth-order valence-electron chi connectivity index (χ4n) is 3.49. The maximum Gasteiger partial charge on any atom is 0.264 e. The van der Waals surface area contributed by atoms with Crippen molar-refractivity contribution in [3.63, 3.8) is 0 Å². The number of morpholine rings is 1. The zero-order chi connectivity index (χ0) is 18.6. The molecule has 0 bridgehead atoms. The van der Waals surface area contributed by atoms with Gasteiger partial charge in [-0.05, 0) is 23.6 Å². The molecule has 0 N–H and O–H groups in total. The van der Waals surface area contributed by atoms with Crippen LogP contribution in [0.4, 0.5) is 0 Å².